The Morgan fingerprint density at radius 3 is 2.25 bits per heavy atom. The summed E-state index contributed by atoms with van der Waals surface area (Å²) in [5, 5.41) is 0. The number of carbonyl (C=O) groups excluding carboxylic acids is 1. The van der Waals surface area contributed by atoms with Gasteiger partial charge in [-0.3, -0.25) is 0 Å². The van der Waals surface area contributed by atoms with Crippen LogP contribution in [0.1, 0.15) is 25.7 Å². The van der Waals surface area contributed by atoms with Crippen molar-refractivity contribution in [2.24, 2.45) is 11.8 Å². The van der Waals surface area contributed by atoms with E-state index < -0.39 is 6.16 Å². The highest BCUT2D eigenvalue weighted by atomic mass is 16.7. The maximum atomic E-state index is 10.8. The van der Waals surface area contributed by atoms with Gasteiger partial charge in [-0.2, -0.15) is 0 Å². The molecule has 1 heterocycles. The Morgan fingerprint density at radius 2 is 1.67 bits per heavy atom. The summed E-state index contributed by atoms with van der Waals surface area (Å²) < 4.78 is 9.81. The average molecular weight is 170 g/mol. The minimum Gasteiger partial charge on any atom is -0.434 e. The molecule has 1 aliphatic carbocycles. The van der Waals surface area contributed by atoms with E-state index in [4.69, 9.17) is 9.47 Å². The van der Waals surface area contributed by atoms with Gasteiger partial charge in [-0.1, -0.05) is 6.42 Å². The van der Waals surface area contributed by atoms with E-state index >= 15 is 0 Å². The van der Waals surface area contributed by atoms with E-state index in [2.05, 4.69) is 0 Å². The fraction of sp³-hybridized carbons (Fsp3) is 0.889. The van der Waals surface area contributed by atoms with Crippen molar-refractivity contribution >= 4 is 6.16 Å². The zero-order chi connectivity index (χ0) is 8.39. The Hall–Kier alpha value is -0.730. The number of carbonyl (C=O) groups is 1. The van der Waals surface area contributed by atoms with Gasteiger partial charge in [0, 0.05) is 0 Å². The van der Waals surface area contributed by atoms with Gasteiger partial charge < -0.3 is 9.47 Å². The first-order chi connectivity index (χ1) is 5.84. The predicted octanol–water partition coefficient (Wildman–Crippen LogP) is 1.96. The van der Waals surface area contributed by atoms with Crippen molar-refractivity contribution in [3.63, 3.8) is 0 Å². The lowest BCUT2D eigenvalue weighted by Crippen LogP contribution is -2.28. The van der Waals surface area contributed by atoms with Crippen LogP contribution in [0.5, 0.6) is 0 Å². The van der Waals surface area contributed by atoms with Gasteiger partial charge in [0.15, 0.2) is 0 Å². The quantitative estimate of drug-likeness (QED) is 0.521. The van der Waals surface area contributed by atoms with E-state index in [0.29, 0.717) is 25.0 Å². The molecule has 2 fully saturated rings. The van der Waals surface area contributed by atoms with Crippen LogP contribution in [0.4, 0.5) is 4.79 Å². The van der Waals surface area contributed by atoms with Gasteiger partial charge in [0.25, 0.3) is 0 Å². The molecule has 0 amide bonds. The standard InChI is InChI=1S/C9H14O3/c10-9-11-5-7-2-1-3-8(4-7)6-12-9/h7-8H,1-6H2. The van der Waals surface area contributed by atoms with Crippen LogP contribution in [0.2, 0.25) is 0 Å². The molecule has 1 saturated carbocycles. The van der Waals surface area contributed by atoms with Gasteiger partial charge in [-0.15, -0.1) is 0 Å². The minimum absolute atomic E-state index is 0.480. The lowest BCUT2D eigenvalue weighted by molar-refractivity contribution is -0.00228. The monoisotopic (exact) mass is 170 g/mol. The molecule has 2 aliphatic rings. The van der Waals surface area contributed by atoms with Crippen LogP contribution in [-0.2, 0) is 9.47 Å². The number of ether oxygens (including phenoxy) is 2. The molecule has 12 heavy (non-hydrogen) atoms. The van der Waals surface area contributed by atoms with E-state index in [1.165, 1.54) is 25.7 Å². The van der Waals surface area contributed by atoms with E-state index in [9.17, 15) is 4.79 Å². The Balaban J connectivity index is 1.96. The van der Waals surface area contributed by atoms with Crippen molar-refractivity contribution < 1.29 is 14.3 Å². The van der Waals surface area contributed by atoms with Gasteiger partial charge in [0.1, 0.15) is 0 Å². The summed E-state index contributed by atoms with van der Waals surface area (Å²) in [6.07, 6.45) is 4.38. The van der Waals surface area contributed by atoms with E-state index in [1.54, 1.807) is 0 Å². The molecule has 2 bridgehead atoms. The molecule has 2 atom stereocenters. The molecule has 0 aromatic heterocycles. The molecule has 2 unspecified atom stereocenters. The second kappa shape index (κ2) is 3.33. The van der Waals surface area contributed by atoms with Crippen LogP contribution in [0, 0.1) is 11.8 Å². The Morgan fingerprint density at radius 1 is 1.08 bits per heavy atom. The fourth-order valence-corrected chi connectivity index (χ4v) is 2.12. The van der Waals surface area contributed by atoms with E-state index in [0.717, 1.165) is 0 Å². The van der Waals surface area contributed by atoms with Gasteiger partial charge in [-0.05, 0) is 31.1 Å². The summed E-state index contributed by atoms with van der Waals surface area (Å²) in [5.41, 5.74) is 0. The number of hydrogen-bond donors (Lipinski definition) is 0. The van der Waals surface area contributed by atoms with Crippen molar-refractivity contribution in [1.82, 2.24) is 0 Å². The van der Waals surface area contributed by atoms with Crippen molar-refractivity contribution in [1.29, 1.82) is 0 Å². The van der Waals surface area contributed by atoms with Gasteiger partial charge in [0.2, 0.25) is 0 Å². The predicted molar refractivity (Wildman–Crippen MR) is 42.7 cm³/mol. The molecule has 0 aromatic carbocycles. The molecule has 0 N–H and O–H groups in total. The first kappa shape index (κ1) is 7.90. The summed E-state index contributed by atoms with van der Waals surface area (Å²) in [6, 6.07) is 0. The van der Waals surface area contributed by atoms with E-state index in [1.807, 2.05) is 0 Å². The second-order valence-electron chi connectivity index (χ2n) is 3.77. The highest BCUT2D eigenvalue weighted by Crippen LogP contribution is 2.30. The number of rotatable bonds is 0. The average Bonchev–Trinajstić information content (AvgIpc) is 2.11. The summed E-state index contributed by atoms with van der Waals surface area (Å²) >= 11 is 0. The largest absolute Gasteiger partial charge is 0.508 e. The summed E-state index contributed by atoms with van der Waals surface area (Å²) in [4.78, 5) is 10.8. The third-order valence-corrected chi connectivity index (χ3v) is 2.77. The smallest absolute Gasteiger partial charge is 0.434 e. The highest BCUT2D eigenvalue weighted by molar-refractivity contribution is 5.59. The molecule has 1 saturated heterocycles. The topological polar surface area (TPSA) is 35.5 Å². The van der Waals surface area contributed by atoms with Crippen molar-refractivity contribution in [3.8, 4) is 0 Å². The normalized spacial score (nSPS) is 35.8. The molecule has 2 rings (SSSR count). The van der Waals surface area contributed by atoms with Crippen LogP contribution in [0.25, 0.3) is 0 Å². The van der Waals surface area contributed by atoms with Crippen LogP contribution in [-0.4, -0.2) is 19.4 Å². The third-order valence-electron chi connectivity index (χ3n) is 2.77. The van der Waals surface area contributed by atoms with Crippen molar-refractivity contribution in [2.45, 2.75) is 25.7 Å². The lowest BCUT2D eigenvalue weighted by atomic mass is 9.82. The molecule has 68 valence electrons. The summed E-state index contributed by atoms with van der Waals surface area (Å²) in [7, 11) is 0. The number of hydrogen-bond acceptors (Lipinski definition) is 3. The fourth-order valence-electron chi connectivity index (χ4n) is 2.12. The number of fused-ring (bicyclic) bond motifs is 2. The minimum atomic E-state index is -0.480. The van der Waals surface area contributed by atoms with Crippen LogP contribution in [0.3, 0.4) is 0 Å². The summed E-state index contributed by atoms with van der Waals surface area (Å²) in [5.74, 6) is 1.19. The molecule has 3 nitrogen and oxygen atoms in total. The highest BCUT2D eigenvalue weighted by Gasteiger charge is 2.26. The van der Waals surface area contributed by atoms with Crippen molar-refractivity contribution in [3.05, 3.63) is 0 Å². The van der Waals surface area contributed by atoms with Crippen molar-refractivity contribution in [2.75, 3.05) is 13.2 Å². The molecular formula is C9H14O3. The van der Waals surface area contributed by atoms with Gasteiger partial charge >= 0.3 is 6.16 Å². The first-order valence-corrected chi connectivity index (χ1v) is 4.64. The van der Waals surface area contributed by atoms with E-state index in [-0.39, 0.29) is 0 Å². The van der Waals surface area contributed by atoms with Crippen LogP contribution >= 0.6 is 0 Å². The molecule has 0 spiro atoms. The zero-order valence-electron chi connectivity index (χ0n) is 7.12. The SMILES string of the molecule is O=C1OCC2CCCC(CO1)C2. The Kier molecular flexibility index (Phi) is 2.19. The van der Waals surface area contributed by atoms with Crippen LogP contribution in [0.15, 0.2) is 0 Å². The first-order valence-electron chi connectivity index (χ1n) is 4.64. The third kappa shape index (κ3) is 1.71. The van der Waals surface area contributed by atoms with Gasteiger partial charge in [0.05, 0.1) is 13.2 Å². The maximum Gasteiger partial charge on any atom is 0.508 e. The molecular weight excluding hydrogens is 156 g/mol. The molecule has 0 aromatic rings. The van der Waals surface area contributed by atoms with Gasteiger partial charge in [-0.25, -0.2) is 4.79 Å². The molecule has 1 aliphatic heterocycles. The second-order valence-corrected chi connectivity index (χ2v) is 3.77. The molecule has 3 heteroatoms. The zero-order valence-corrected chi connectivity index (χ0v) is 7.12. The molecule has 0 radical (unpaired) electrons. The summed E-state index contributed by atoms with van der Waals surface area (Å²) in [6.45, 7) is 1.13. The Bertz CT molecular complexity index is 163. The lowest BCUT2D eigenvalue weighted by Gasteiger charge is -2.30. The van der Waals surface area contributed by atoms with Crippen LogP contribution < -0.4 is 0 Å². The maximum absolute atomic E-state index is 10.8. The Labute approximate surface area is 72.0 Å². The number of cyclic esters (lactones) is 2.